The van der Waals surface area contributed by atoms with Gasteiger partial charge < -0.3 is 10.0 Å². The van der Waals surface area contributed by atoms with Crippen molar-refractivity contribution in [3.05, 3.63) is 34.3 Å². The zero-order valence-corrected chi connectivity index (χ0v) is 12.1. The maximum Gasteiger partial charge on any atom is 0.0920 e. The first-order chi connectivity index (χ1) is 8.01. The minimum absolute atomic E-state index is 0.574. The molecule has 0 amide bonds. The molecular formula is C14H20BrNO. The van der Waals surface area contributed by atoms with Gasteiger partial charge in [-0.15, -0.1) is 0 Å². The SMILES string of the molecule is CC(C)N1CCC(O)(c2ccc(Br)cc2)CC1. The first-order valence-electron chi connectivity index (χ1n) is 6.24. The van der Waals surface area contributed by atoms with Crippen LogP contribution in [0.1, 0.15) is 32.3 Å². The van der Waals surface area contributed by atoms with E-state index >= 15 is 0 Å². The summed E-state index contributed by atoms with van der Waals surface area (Å²) in [4.78, 5) is 2.42. The molecule has 1 fully saturated rings. The quantitative estimate of drug-likeness (QED) is 0.906. The highest BCUT2D eigenvalue weighted by Crippen LogP contribution is 2.33. The molecule has 0 radical (unpaired) electrons. The summed E-state index contributed by atoms with van der Waals surface area (Å²) in [5.41, 5.74) is 0.413. The van der Waals surface area contributed by atoms with Gasteiger partial charge in [-0.3, -0.25) is 0 Å². The normalized spacial score (nSPS) is 20.8. The van der Waals surface area contributed by atoms with Gasteiger partial charge in [-0.25, -0.2) is 0 Å². The number of halogens is 1. The van der Waals surface area contributed by atoms with Gasteiger partial charge in [0.1, 0.15) is 0 Å². The van der Waals surface area contributed by atoms with E-state index in [1.807, 2.05) is 24.3 Å². The summed E-state index contributed by atoms with van der Waals surface area (Å²) in [7, 11) is 0. The molecule has 2 nitrogen and oxygen atoms in total. The molecule has 0 aromatic heterocycles. The number of rotatable bonds is 2. The molecule has 1 saturated heterocycles. The molecule has 17 heavy (non-hydrogen) atoms. The summed E-state index contributed by atoms with van der Waals surface area (Å²) in [6, 6.07) is 8.62. The zero-order chi connectivity index (χ0) is 12.5. The molecule has 1 aliphatic rings. The van der Waals surface area contributed by atoms with Gasteiger partial charge in [0, 0.05) is 23.6 Å². The van der Waals surface area contributed by atoms with E-state index < -0.39 is 5.60 Å². The van der Waals surface area contributed by atoms with Crippen LogP contribution in [0.5, 0.6) is 0 Å². The molecule has 3 heteroatoms. The number of piperidine rings is 1. The molecule has 1 aromatic rings. The Balaban J connectivity index is 2.09. The second kappa shape index (κ2) is 5.09. The smallest absolute Gasteiger partial charge is 0.0920 e. The zero-order valence-electron chi connectivity index (χ0n) is 10.5. The Kier molecular flexibility index (Phi) is 3.91. The third kappa shape index (κ3) is 2.90. The summed E-state index contributed by atoms with van der Waals surface area (Å²) in [5.74, 6) is 0. The molecule has 0 saturated carbocycles. The van der Waals surface area contributed by atoms with Gasteiger partial charge in [-0.2, -0.15) is 0 Å². The summed E-state index contributed by atoms with van der Waals surface area (Å²) >= 11 is 3.43. The molecule has 0 atom stereocenters. The van der Waals surface area contributed by atoms with E-state index in [-0.39, 0.29) is 0 Å². The van der Waals surface area contributed by atoms with Gasteiger partial charge >= 0.3 is 0 Å². The van der Waals surface area contributed by atoms with Crippen LogP contribution < -0.4 is 0 Å². The van der Waals surface area contributed by atoms with E-state index in [9.17, 15) is 5.11 Å². The highest BCUT2D eigenvalue weighted by molar-refractivity contribution is 9.10. The minimum Gasteiger partial charge on any atom is -0.385 e. The first-order valence-corrected chi connectivity index (χ1v) is 7.03. The predicted octanol–water partition coefficient (Wildman–Crippen LogP) is 3.14. The van der Waals surface area contributed by atoms with E-state index in [0.717, 1.165) is 36.0 Å². The molecule has 0 spiro atoms. The van der Waals surface area contributed by atoms with E-state index in [4.69, 9.17) is 0 Å². The Morgan fingerprint density at radius 1 is 1.18 bits per heavy atom. The predicted molar refractivity (Wildman–Crippen MR) is 74.0 cm³/mol. The van der Waals surface area contributed by atoms with Gasteiger partial charge in [0.15, 0.2) is 0 Å². The molecule has 2 rings (SSSR count). The molecule has 0 aliphatic carbocycles. The highest BCUT2D eigenvalue weighted by Gasteiger charge is 2.34. The number of likely N-dealkylation sites (tertiary alicyclic amines) is 1. The van der Waals surface area contributed by atoms with Crippen LogP contribution in [0.4, 0.5) is 0 Å². The van der Waals surface area contributed by atoms with Crippen LogP contribution in [-0.2, 0) is 5.60 Å². The van der Waals surface area contributed by atoms with Gasteiger partial charge in [-0.05, 0) is 44.4 Å². The van der Waals surface area contributed by atoms with Crippen LogP contribution in [0.2, 0.25) is 0 Å². The van der Waals surface area contributed by atoms with Gasteiger partial charge in [-0.1, -0.05) is 28.1 Å². The van der Waals surface area contributed by atoms with Crippen LogP contribution >= 0.6 is 15.9 Å². The molecule has 0 unspecified atom stereocenters. The summed E-state index contributed by atoms with van der Waals surface area (Å²) in [6.45, 7) is 6.38. The van der Waals surface area contributed by atoms with Crippen molar-refractivity contribution in [3.63, 3.8) is 0 Å². The third-order valence-electron chi connectivity index (χ3n) is 3.74. The van der Waals surface area contributed by atoms with Crippen LogP contribution in [0.15, 0.2) is 28.7 Å². The number of nitrogens with zero attached hydrogens (tertiary/aromatic N) is 1. The Labute approximate surface area is 112 Å². The maximum absolute atomic E-state index is 10.7. The van der Waals surface area contributed by atoms with E-state index in [2.05, 4.69) is 34.7 Å². The molecule has 94 valence electrons. The Morgan fingerprint density at radius 3 is 2.18 bits per heavy atom. The molecule has 1 heterocycles. The van der Waals surface area contributed by atoms with Crippen molar-refractivity contribution in [1.29, 1.82) is 0 Å². The molecule has 0 bridgehead atoms. The lowest BCUT2D eigenvalue weighted by Gasteiger charge is -2.40. The Bertz CT molecular complexity index is 366. The second-order valence-corrected chi connectivity index (χ2v) is 6.08. The van der Waals surface area contributed by atoms with Crippen molar-refractivity contribution in [1.82, 2.24) is 4.90 Å². The highest BCUT2D eigenvalue weighted by atomic mass is 79.9. The van der Waals surface area contributed by atoms with E-state index in [1.165, 1.54) is 0 Å². The van der Waals surface area contributed by atoms with Gasteiger partial charge in [0.05, 0.1) is 5.60 Å². The fourth-order valence-electron chi connectivity index (χ4n) is 2.46. The molecule has 1 aliphatic heterocycles. The van der Waals surface area contributed by atoms with E-state index in [0.29, 0.717) is 6.04 Å². The average molecular weight is 298 g/mol. The number of benzene rings is 1. The average Bonchev–Trinajstić information content (AvgIpc) is 2.30. The van der Waals surface area contributed by atoms with Crippen molar-refractivity contribution in [3.8, 4) is 0 Å². The first kappa shape index (κ1) is 13.1. The Morgan fingerprint density at radius 2 is 1.71 bits per heavy atom. The van der Waals surface area contributed by atoms with Crippen LogP contribution in [-0.4, -0.2) is 29.1 Å². The van der Waals surface area contributed by atoms with Crippen molar-refractivity contribution in [2.24, 2.45) is 0 Å². The van der Waals surface area contributed by atoms with Crippen molar-refractivity contribution in [2.75, 3.05) is 13.1 Å². The fraction of sp³-hybridized carbons (Fsp3) is 0.571. The van der Waals surface area contributed by atoms with Gasteiger partial charge in [0.2, 0.25) is 0 Å². The van der Waals surface area contributed by atoms with Crippen molar-refractivity contribution in [2.45, 2.75) is 38.3 Å². The van der Waals surface area contributed by atoms with Crippen LogP contribution in [0.25, 0.3) is 0 Å². The Hall–Kier alpha value is -0.380. The third-order valence-corrected chi connectivity index (χ3v) is 4.27. The lowest BCUT2D eigenvalue weighted by Crippen LogP contribution is -2.45. The lowest BCUT2D eigenvalue weighted by molar-refractivity contribution is -0.0323. The second-order valence-electron chi connectivity index (χ2n) is 5.17. The molecule has 1 aromatic carbocycles. The standard InChI is InChI=1S/C14H20BrNO/c1-11(2)16-9-7-14(17,8-10-16)12-3-5-13(15)6-4-12/h3-6,11,17H,7-10H2,1-2H3. The van der Waals surface area contributed by atoms with Crippen LogP contribution in [0.3, 0.4) is 0 Å². The molecular weight excluding hydrogens is 278 g/mol. The lowest BCUT2D eigenvalue weighted by atomic mass is 9.84. The number of aliphatic hydroxyl groups is 1. The summed E-state index contributed by atoms with van der Waals surface area (Å²) < 4.78 is 1.06. The number of hydrogen-bond donors (Lipinski definition) is 1. The monoisotopic (exact) mass is 297 g/mol. The fourth-order valence-corrected chi connectivity index (χ4v) is 2.72. The van der Waals surface area contributed by atoms with Crippen molar-refractivity contribution >= 4 is 15.9 Å². The van der Waals surface area contributed by atoms with Crippen LogP contribution in [0, 0.1) is 0 Å². The van der Waals surface area contributed by atoms with Crippen molar-refractivity contribution < 1.29 is 5.11 Å². The topological polar surface area (TPSA) is 23.5 Å². The maximum atomic E-state index is 10.7. The largest absolute Gasteiger partial charge is 0.385 e. The number of hydrogen-bond acceptors (Lipinski definition) is 2. The summed E-state index contributed by atoms with van der Waals surface area (Å²) in [5, 5.41) is 10.7. The summed E-state index contributed by atoms with van der Waals surface area (Å²) in [6.07, 6.45) is 1.65. The molecule has 1 N–H and O–H groups in total. The van der Waals surface area contributed by atoms with E-state index in [1.54, 1.807) is 0 Å². The van der Waals surface area contributed by atoms with Gasteiger partial charge in [0.25, 0.3) is 0 Å². The minimum atomic E-state index is -0.633.